The van der Waals surface area contributed by atoms with E-state index in [9.17, 15) is 13.2 Å². The molecule has 0 spiro atoms. The highest BCUT2D eigenvalue weighted by Gasteiger charge is 2.34. The molecule has 2 rings (SSSR count). The van der Waals surface area contributed by atoms with Gasteiger partial charge in [-0.25, -0.2) is 4.98 Å². The van der Waals surface area contributed by atoms with Crippen molar-refractivity contribution in [1.29, 1.82) is 0 Å². The standard InChI is InChI=1S/C10H13F3N2S/c1-7-3-2-4-15(6-7)9-14-5-8(16-9)10(11,12)13/h5,7H,2-4,6H2,1H3. The smallest absolute Gasteiger partial charge is 0.348 e. The quantitative estimate of drug-likeness (QED) is 0.759. The summed E-state index contributed by atoms with van der Waals surface area (Å²) < 4.78 is 37.2. The molecule has 2 nitrogen and oxygen atoms in total. The van der Waals surface area contributed by atoms with Crippen molar-refractivity contribution in [1.82, 2.24) is 4.98 Å². The monoisotopic (exact) mass is 250 g/mol. The average Bonchev–Trinajstić information content (AvgIpc) is 2.65. The van der Waals surface area contributed by atoms with Gasteiger partial charge in [0.15, 0.2) is 5.13 Å². The molecule has 2 heterocycles. The normalized spacial score (nSPS) is 22.5. The van der Waals surface area contributed by atoms with Gasteiger partial charge in [-0.3, -0.25) is 0 Å². The fourth-order valence-corrected chi connectivity index (χ4v) is 2.72. The van der Waals surface area contributed by atoms with Gasteiger partial charge in [-0.2, -0.15) is 13.2 Å². The second-order valence-corrected chi connectivity index (χ2v) is 5.21. The number of alkyl halides is 3. The summed E-state index contributed by atoms with van der Waals surface area (Å²) in [5.74, 6) is 0.534. The minimum atomic E-state index is -4.27. The van der Waals surface area contributed by atoms with E-state index >= 15 is 0 Å². The van der Waals surface area contributed by atoms with Crippen LogP contribution in [0.1, 0.15) is 24.6 Å². The number of rotatable bonds is 1. The second kappa shape index (κ2) is 4.24. The zero-order chi connectivity index (χ0) is 11.8. The van der Waals surface area contributed by atoms with Crippen LogP contribution in [0, 0.1) is 5.92 Å². The molecule has 1 atom stereocenters. The first-order valence-corrected chi connectivity index (χ1v) is 6.06. The Morgan fingerprint density at radius 3 is 2.81 bits per heavy atom. The van der Waals surface area contributed by atoms with Crippen molar-refractivity contribution in [3.05, 3.63) is 11.1 Å². The van der Waals surface area contributed by atoms with Gasteiger partial charge in [0.2, 0.25) is 0 Å². The third-order valence-corrected chi connectivity index (χ3v) is 3.80. The van der Waals surface area contributed by atoms with Gasteiger partial charge >= 0.3 is 6.18 Å². The predicted molar refractivity (Wildman–Crippen MR) is 57.7 cm³/mol. The average molecular weight is 250 g/mol. The van der Waals surface area contributed by atoms with Crippen LogP contribution >= 0.6 is 11.3 Å². The maximum absolute atomic E-state index is 12.4. The Balaban J connectivity index is 2.12. The summed E-state index contributed by atoms with van der Waals surface area (Å²) >= 11 is 0.738. The third kappa shape index (κ3) is 2.48. The Morgan fingerprint density at radius 1 is 1.50 bits per heavy atom. The van der Waals surface area contributed by atoms with Crippen molar-refractivity contribution in [3.63, 3.8) is 0 Å². The van der Waals surface area contributed by atoms with Crippen molar-refractivity contribution in [3.8, 4) is 0 Å². The van der Waals surface area contributed by atoms with Crippen molar-refractivity contribution in [2.75, 3.05) is 18.0 Å². The lowest BCUT2D eigenvalue weighted by Gasteiger charge is -2.30. The van der Waals surface area contributed by atoms with Crippen LogP contribution in [0.3, 0.4) is 0 Å². The Kier molecular flexibility index (Phi) is 3.10. The van der Waals surface area contributed by atoms with Gasteiger partial charge in [-0.15, -0.1) is 0 Å². The number of halogens is 3. The lowest BCUT2D eigenvalue weighted by molar-refractivity contribution is -0.134. The lowest BCUT2D eigenvalue weighted by atomic mass is 10.0. The number of hydrogen-bond donors (Lipinski definition) is 0. The first kappa shape index (κ1) is 11.7. The molecule has 0 aromatic carbocycles. The van der Waals surface area contributed by atoms with Gasteiger partial charge < -0.3 is 4.90 Å². The molecule has 1 aromatic heterocycles. The second-order valence-electron chi connectivity index (χ2n) is 4.20. The highest BCUT2D eigenvalue weighted by Crippen LogP contribution is 2.37. The van der Waals surface area contributed by atoms with E-state index in [2.05, 4.69) is 11.9 Å². The van der Waals surface area contributed by atoms with Gasteiger partial charge in [0.25, 0.3) is 0 Å². The number of nitrogens with zero attached hydrogens (tertiary/aromatic N) is 2. The molecular weight excluding hydrogens is 237 g/mol. The zero-order valence-electron chi connectivity index (χ0n) is 8.92. The summed E-state index contributed by atoms with van der Waals surface area (Å²) in [5.41, 5.74) is 0. The molecule has 16 heavy (non-hydrogen) atoms. The molecule has 1 fully saturated rings. The summed E-state index contributed by atoms with van der Waals surface area (Å²) in [6.07, 6.45) is -1.16. The van der Waals surface area contributed by atoms with E-state index in [0.717, 1.165) is 43.5 Å². The summed E-state index contributed by atoms with van der Waals surface area (Å²) in [4.78, 5) is 5.21. The zero-order valence-corrected chi connectivity index (χ0v) is 9.74. The largest absolute Gasteiger partial charge is 0.427 e. The molecule has 1 unspecified atom stereocenters. The predicted octanol–water partition coefficient (Wildman–Crippen LogP) is 3.40. The van der Waals surface area contributed by atoms with E-state index < -0.39 is 11.1 Å². The first-order chi connectivity index (χ1) is 7.47. The molecule has 1 aliphatic rings. The number of hydrogen-bond acceptors (Lipinski definition) is 3. The van der Waals surface area contributed by atoms with Gasteiger partial charge in [-0.05, 0) is 18.8 Å². The van der Waals surface area contributed by atoms with E-state index in [-0.39, 0.29) is 0 Å². The molecule has 6 heteroatoms. The topological polar surface area (TPSA) is 16.1 Å². The maximum Gasteiger partial charge on any atom is 0.427 e. The number of piperidine rings is 1. The fourth-order valence-electron chi connectivity index (χ4n) is 1.91. The molecule has 0 aliphatic carbocycles. The van der Waals surface area contributed by atoms with E-state index in [0.29, 0.717) is 11.0 Å². The summed E-state index contributed by atoms with van der Waals surface area (Å²) in [7, 11) is 0. The van der Waals surface area contributed by atoms with Gasteiger partial charge in [0, 0.05) is 13.1 Å². The van der Waals surface area contributed by atoms with Gasteiger partial charge in [0.05, 0.1) is 6.20 Å². The van der Waals surface area contributed by atoms with E-state index in [1.54, 1.807) is 0 Å². The van der Waals surface area contributed by atoms with Crippen LogP contribution in [-0.2, 0) is 6.18 Å². The van der Waals surface area contributed by atoms with Crippen LogP contribution in [0.15, 0.2) is 6.20 Å². The summed E-state index contributed by atoms with van der Waals surface area (Å²) in [6.45, 7) is 3.74. The highest BCUT2D eigenvalue weighted by molar-refractivity contribution is 7.15. The van der Waals surface area contributed by atoms with Gasteiger partial charge in [-0.1, -0.05) is 18.3 Å². The van der Waals surface area contributed by atoms with Gasteiger partial charge in [0.1, 0.15) is 4.88 Å². The summed E-state index contributed by atoms with van der Waals surface area (Å²) in [5, 5.41) is 0.499. The molecule has 0 N–H and O–H groups in total. The molecule has 0 bridgehead atoms. The lowest BCUT2D eigenvalue weighted by Crippen LogP contribution is -2.34. The van der Waals surface area contributed by atoms with E-state index in [4.69, 9.17) is 0 Å². The van der Waals surface area contributed by atoms with Crippen LogP contribution in [0.2, 0.25) is 0 Å². The third-order valence-electron chi connectivity index (χ3n) is 2.70. The first-order valence-electron chi connectivity index (χ1n) is 5.25. The Labute approximate surface area is 96.1 Å². The summed E-state index contributed by atoms with van der Waals surface area (Å²) in [6, 6.07) is 0. The van der Waals surface area contributed by atoms with Crippen molar-refractivity contribution in [2.24, 2.45) is 5.92 Å². The molecule has 0 amide bonds. The number of aromatic nitrogens is 1. The van der Waals surface area contributed by atoms with E-state index in [1.165, 1.54) is 0 Å². The molecule has 0 radical (unpaired) electrons. The molecule has 1 saturated heterocycles. The Hall–Kier alpha value is -0.780. The van der Waals surface area contributed by atoms with Crippen LogP contribution in [0.5, 0.6) is 0 Å². The molecule has 1 aliphatic heterocycles. The van der Waals surface area contributed by atoms with Crippen LogP contribution in [0.4, 0.5) is 18.3 Å². The maximum atomic E-state index is 12.4. The number of anilines is 1. The van der Waals surface area contributed by atoms with Crippen molar-refractivity contribution >= 4 is 16.5 Å². The highest BCUT2D eigenvalue weighted by atomic mass is 32.1. The van der Waals surface area contributed by atoms with Crippen molar-refractivity contribution < 1.29 is 13.2 Å². The molecule has 1 aromatic rings. The minimum absolute atomic E-state index is 0.499. The van der Waals surface area contributed by atoms with Crippen LogP contribution in [0.25, 0.3) is 0 Å². The van der Waals surface area contributed by atoms with Crippen LogP contribution < -0.4 is 4.90 Å². The Bertz CT molecular complexity index is 361. The molecular formula is C10H13F3N2S. The van der Waals surface area contributed by atoms with E-state index in [1.807, 2.05) is 4.90 Å². The SMILES string of the molecule is CC1CCCN(c2ncc(C(F)(F)F)s2)C1. The minimum Gasteiger partial charge on any atom is -0.348 e. The van der Waals surface area contributed by atoms with Crippen LogP contribution in [-0.4, -0.2) is 18.1 Å². The molecule has 90 valence electrons. The Morgan fingerprint density at radius 2 is 2.25 bits per heavy atom. The van der Waals surface area contributed by atoms with Crippen molar-refractivity contribution in [2.45, 2.75) is 25.9 Å². The molecule has 0 saturated carbocycles. The number of thiazole rings is 1. The fraction of sp³-hybridized carbons (Fsp3) is 0.700.